The van der Waals surface area contributed by atoms with Crippen LogP contribution in [-0.4, -0.2) is 13.0 Å². The molecule has 0 unspecified atom stereocenters. The predicted octanol–water partition coefficient (Wildman–Crippen LogP) is 3.63. The number of primary amides is 1. The summed E-state index contributed by atoms with van der Waals surface area (Å²) < 4.78 is 11.8. The van der Waals surface area contributed by atoms with Crippen molar-refractivity contribution in [3.63, 3.8) is 0 Å². The van der Waals surface area contributed by atoms with Crippen molar-refractivity contribution in [1.82, 2.24) is 0 Å². The Balaban J connectivity index is 2.23. The molecule has 4 nitrogen and oxygen atoms in total. The van der Waals surface area contributed by atoms with E-state index in [1.807, 2.05) is 12.1 Å². The molecular formula is C15H13ClINO3. The first-order valence-corrected chi connectivity index (χ1v) is 7.51. The van der Waals surface area contributed by atoms with Crippen molar-refractivity contribution in [3.8, 4) is 11.5 Å². The topological polar surface area (TPSA) is 61.5 Å². The lowest BCUT2D eigenvalue weighted by Gasteiger charge is -2.13. The quantitative estimate of drug-likeness (QED) is 0.756. The van der Waals surface area contributed by atoms with Gasteiger partial charge in [-0.25, -0.2) is 0 Å². The van der Waals surface area contributed by atoms with Gasteiger partial charge in [-0.3, -0.25) is 4.79 Å². The van der Waals surface area contributed by atoms with E-state index in [0.717, 1.165) is 9.13 Å². The maximum Gasteiger partial charge on any atom is 0.248 e. The van der Waals surface area contributed by atoms with Crippen molar-refractivity contribution in [2.45, 2.75) is 6.61 Å². The summed E-state index contributed by atoms with van der Waals surface area (Å²) in [6, 6.07) is 10.6. The summed E-state index contributed by atoms with van der Waals surface area (Å²) in [4.78, 5) is 11.3. The number of methoxy groups -OCH3 is 1. The second kappa shape index (κ2) is 7.00. The van der Waals surface area contributed by atoms with Crippen molar-refractivity contribution in [2.24, 2.45) is 5.73 Å². The molecule has 2 aromatic carbocycles. The van der Waals surface area contributed by atoms with Gasteiger partial charge in [0.1, 0.15) is 6.61 Å². The number of hydrogen-bond acceptors (Lipinski definition) is 3. The standard InChI is InChI=1S/C15H13ClINO3/c1-20-13-7-10(15(18)19)6-12(17)14(13)21-8-9-2-4-11(16)5-3-9/h2-7H,8H2,1H3,(H2,18,19). The number of carbonyl (C=O) groups excluding carboxylic acids is 1. The summed E-state index contributed by atoms with van der Waals surface area (Å²) >= 11 is 7.93. The van der Waals surface area contributed by atoms with E-state index in [0.29, 0.717) is 28.7 Å². The Morgan fingerprint density at radius 2 is 1.95 bits per heavy atom. The fraction of sp³-hybridized carbons (Fsp3) is 0.133. The van der Waals surface area contributed by atoms with Gasteiger partial charge in [-0.1, -0.05) is 23.7 Å². The molecule has 0 bridgehead atoms. The third kappa shape index (κ3) is 4.01. The van der Waals surface area contributed by atoms with Gasteiger partial charge in [-0.05, 0) is 52.4 Å². The predicted molar refractivity (Wildman–Crippen MR) is 90.0 cm³/mol. The SMILES string of the molecule is COc1cc(C(N)=O)cc(I)c1OCc1ccc(Cl)cc1. The third-order valence-electron chi connectivity index (χ3n) is 2.81. The lowest BCUT2D eigenvalue weighted by Crippen LogP contribution is -2.12. The first-order chi connectivity index (χ1) is 10.0. The molecule has 110 valence electrons. The van der Waals surface area contributed by atoms with Crippen molar-refractivity contribution < 1.29 is 14.3 Å². The second-order valence-electron chi connectivity index (χ2n) is 4.27. The van der Waals surface area contributed by atoms with Gasteiger partial charge in [-0.15, -0.1) is 0 Å². The van der Waals surface area contributed by atoms with E-state index in [2.05, 4.69) is 22.6 Å². The maximum atomic E-state index is 11.3. The number of halogens is 2. The Labute approximate surface area is 141 Å². The fourth-order valence-corrected chi connectivity index (χ4v) is 2.62. The molecule has 2 rings (SSSR count). The van der Waals surface area contributed by atoms with Gasteiger partial charge in [0.05, 0.1) is 10.7 Å². The molecule has 0 fully saturated rings. The van der Waals surface area contributed by atoms with Crippen LogP contribution in [0.1, 0.15) is 15.9 Å². The average Bonchev–Trinajstić information content (AvgIpc) is 2.46. The summed E-state index contributed by atoms with van der Waals surface area (Å²) in [5, 5.41) is 0.678. The lowest BCUT2D eigenvalue weighted by atomic mass is 10.2. The van der Waals surface area contributed by atoms with Crippen molar-refractivity contribution in [3.05, 3.63) is 56.1 Å². The Morgan fingerprint density at radius 3 is 2.52 bits per heavy atom. The second-order valence-corrected chi connectivity index (χ2v) is 5.87. The first kappa shape index (κ1) is 15.9. The van der Waals surface area contributed by atoms with Crippen LogP contribution in [0.25, 0.3) is 0 Å². The summed E-state index contributed by atoms with van der Waals surface area (Å²) in [6.45, 7) is 0.374. The van der Waals surface area contributed by atoms with Gasteiger partial charge in [0.25, 0.3) is 0 Å². The van der Waals surface area contributed by atoms with Crippen LogP contribution in [0, 0.1) is 3.57 Å². The highest BCUT2D eigenvalue weighted by atomic mass is 127. The number of hydrogen-bond donors (Lipinski definition) is 1. The van der Waals surface area contributed by atoms with Crippen molar-refractivity contribution >= 4 is 40.1 Å². The largest absolute Gasteiger partial charge is 0.493 e. The van der Waals surface area contributed by atoms with Crippen LogP contribution in [0.3, 0.4) is 0 Å². The number of nitrogens with two attached hydrogens (primary N) is 1. The molecule has 6 heteroatoms. The van der Waals surface area contributed by atoms with Gasteiger partial charge >= 0.3 is 0 Å². The van der Waals surface area contributed by atoms with Gasteiger partial charge in [0.15, 0.2) is 11.5 Å². The van der Waals surface area contributed by atoms with Crippen LogP contribution in [0.15, 0.2) is 36.4 Å². The number of ether oxygens (including phenoxy) is 2. The zero-order valence-corrected chi connectivity index (χ0v) is 14.1. The highest BCUT2D eigenvalue weighted by molar-refractivity contribution is 14.1. The van der Waals surface area contributed by atoms with Crippen LogP contribution in [0.5, 0.6) is 11.5 Å². The van der Waals surface area contributed by atoms with Crippen molar-refractivity contribution in [2.75, 3.05) is 7.11 Å². The minimum absolute atomic E-state index is 0.374. The Morgan fingerprint density at radius 1 is 1.29 bits per heavy atom. The smallest absolute Gasteiger partial charge is 0.248 e. The fourth-order valence-electron chi connectivity index (χ4n) is 1.74. The highest BCUT2D eigenvalue weighted by Gasteiger charge is 2.14. The van der Waals surface area contributed by atoms with Crippen LogP contribution < -0.4 is 15.2 Å². The number of amides is 1. The van der Waals surface area contributed by atoms with Crippen LogP contribution >= 0.6 is 34.2 Å². The number of carbonyl (C=O) groups is 1. The molecule has 0 heterocycles. The molecule has 21 heavy (non-hydrogen) atoms. The molecule has 1 amide bonds. The minimum Gasteiger partial charge on any atom is -0.493 e. The van der Waals surface area contributed by atoms with E-state index in [4.69, 9.17) is 26.8 Å². The van der Waals surface area contributed by atoms with E-state index in [1.165, 1.54) is 7.11 Å². The zero-order valence-electron chi connectivity index (χ0n) is 11.2. The minimum atomic E-state index is -0.504. The van der Waals surface area contributed by atoms with Gasteiger partial charge in [-0.2, -0.15) is 0 Å². The number of rotatable bonds is 5. The Bertz CT molecular complexity index is 659. The van der Waals surface area contributed by atoms with E-state index >= 15 is 0 Å². The van der Waals surface area contributed by atoms with Gasteiger partial charge < -0.3 is 15.2 Å². The molecular weight excluding hydrogens is 405 g/mol. The average molecular weight is 418 g/mol. The summed E-state index contributed by atoms with van der Waals surface area (Å²) in [5.74, 6) is 0.554. The van der Waals surface area contributed by atoms with Crippen LogP contribution in [0.2, 0.25) is 5.02 Å². The summed E-state index contributed by atoms with van der Waals surface area (Å²) in [6.07, 6.45) is 0. The monoisotopic (exact) mass is 417 g/mol. The molecule has 0 aromatic heterocycles. The highest BCUT2D eigenvalue weighted by Crippen LogP contribution is 2.34. The number of benzene rings is 2. The molecule has 0 radical (unpaired) electrons. The molecule has 0 saturated heterocycles. The van der Waals surface area contributed by atoms with E-state index in [9.17, 15) is 4.79 Å². The molecule has 0 atom stereocenters. The van der Waals surface area contributed by atoms with Crippen molar-refractivity contribution in [1.29, 1.82) is 0 Å². The molecule has 0 aliphatic rings. The van der Waals surface area contributed by atoms with E-state index in [1.54, 1.807) is 24.3 Å². The van der Waals surface area contributed by atoms with E-state index in [-0.39, 0.29) is 0 Å². The van der Waals surface area contributed by atoms with Gasteiger partial charge in [0.2, 0.25) is 5.91 Å². The molecule has 2 N–H and O–H groups in total. The molecule has 0 aliphatic carbocycles. The molecule has 0 aliphatic heterocycles. The Kier molecular flexibility index (Phi) is 5.30. The van der Waals surface area contributed by atoms with Gasteiger partial charge in [0, 0.05) is 10.6 Å². The molecule has 2 aromatic rings. The zero-order chi connectivity index (χ0) is 15.4. The first-order valence-electron chi connectivity index (χ1n) is 6.06. The molecule has 0 saturated carbocycles. The summed E-state index contributed by atoms with van der Waals surface area (Å²) in [5.41, 5.74) is 6.65. The summed E-state index contributed by atoms with van der Waals surface area (Å²) in [7, 11) is 1.52. The van der Waals surface area contributed by atoms with E-state index < -0.39 is 5.91 Å². The Hall–Kier alpha value is -1.47. The van der Waals surface area contributed by atoms with Crippen LogP contribution in [-0.2, 0) is 6.61 Å². The van der Waals surface area contributed by atoms with Crippen LogP contribution in [0.4, 0.5) is 0 Å². The lowest BCUT2D eigenvalue weighted by molar-refractivity contribution is 0.1000. The molecule has 0 spiro atoms. The normalized spacial score (nSPS) is 10.2. The maximum absolute atomic E-state index is 11.3. The third-order valence-corrected chi connectivity index (χ3v) is 3.86.